The van der Waals surface area contributed by atoms with Crippen molar-refractivity contribution in [1.82, 2.24) is 4.68 Å². The van der Waals surface area contributed by atoms with E-state index in [4.69, 9.17) is 15.3 Å². The highest BCUT2D eigenvalue weighted by Crippen LogP contribution is 2.34. The second-order valence-corrected chi connectivity index (χ2v) is 3.72. The molecule has 0 bridgehead atoms. The van der Waals surface area contributed by atoms with E-state index < -0.39 is 0 Å². The summed E-state index contributed by atoms with van der Waals surface area (Å²) in [5.41, 5.74) is 0.412. The number of fused-ring (bicyclic) bond motifs is 1. The SMILES string of the molecule is COc1ccc2c(=O)n(N)c(C)cc2c1OC. The van der Waals surface area contributed by atoms with E-state index in [1.165, 1.54) is 0 Å². The van der Waals surface area contributed by atoms with Crippen molar-refractivity contribution in [3.63, 3.8) is 0 Å². The molecule has 0 saturated carbocycles. The van der Waals surface area contributed by atoms with E-state index in [-0.39, 0.29) is 5.56 Å². The highest BCUT2D eigenvalue weighted by molar-refractivity contribution is 5.90. The van der Waals surface area contributed by atoms with Crippen molar-refractivity contribution in [2.75, 3.05) is 20.1 Å². The third-order valence-corrected chi connectivity index (χ3v) is 2.77. The minimum atomic E-state index is -0.249. The van der Waals surface area contributed by atoms with E-state index in [1.807, 2.05) is 0 Å². The zero-order valence-electron chi connectivity index (χ0n) is 9.98. The molecule has 5 nitrogen and oxygen atoms in total. The molecular weight excluding hydrogens is 220 g/mol. The highest BCUT2D eigenvalue weighted by atomic mass is 16.5. The Kier molecular flexibility index (Phi) is 2.67. The maximum Gasteiger partial charge on any atom is 0.276 e. The first-order valence-corrected chi connectivity index (χ1v) is 5.12. The molecule has 2 aromatic rings. The van der Waals surface area contributed by atoms with Crippen LogP contribution >= 0.6 is 0 Å². The Morgan fingerprint density at radius 3 is 2.47 bits per heavy atom. The van der Waals surface area contributed by atoms with Crippen molar-refractivity contribution in [2.24, 2.45) is 0 Å². The first-order valence-electron chi connectivity index (χ1n) is 5.12. The molecule has 5 heteroatoms. The number of benzene rings is 1. The molecule has 0 unspecified atom stereocenters. The highest BCUT2D eigenvalue weighted by Gasteiger charge is 2.12. The molecule has 0 saturated heterocycles. The molecule has 0 amide bonds. The van der Waals surface area contributed by atoms with Gasteiger partial charge in [0.15, 0.2) is 11.5 Å². The number of rotatable bonds is 2. The second kappa shape index (κ2) is 4.01. The molecule has 1 aromatic heterocycles. The van der Waals surface area contributed by atoms with Crippen LogP contribution in [0.3, 0.4) is 0 Å². The molecule has 1 heterocycles. The molecule has 2 rings (SSSR count). The van der Waals surface area contributed by atoms with Gasteiger partial charge in [-0.3, -0.25) is 4.79 Å². The van der Waals surface area contributed by atoms with E-state index in [1.54, 1.807) is 39.3 Å². The number of ether oxygens (including phenoxy) is 2. The van der Waals surface area contributed by atoms with Crippen LogP contribution in [0.25, 0.3) is 10.8 Å². The summed E-state index contributed by atoms with van der Waals surface area (Å²) in [4.78, 5) is 12.0. The molecule has 0 aliphatic carbocycles. The van der Waals surface area contributed by atoms with Crippen LogP contribution < -0.4 is 20.9 Å². The number of nitrogen functional groups attached to an aromatic ring is 1. The van der Waals surface area contributed by atoms with Crippen molar-refractivity contribution in [3.05, 3.63) is 34.2 Å². The minimum absolute atomic E-state index is 0.249. The van der Waals surface area contributed by atoms with Crippen molar-refractivity contribution < 1.29 is 9.47 Å². The zero-order chi connectivity index (χ0) is 12.6. The van der Waals surface area contributed by atoms with Gasteiger partial charge >= 0.3 is 0 Å². The number of nitrogens with two attached hydrogens (primary N) is 1. The minimum Gasteiger partial charge on any atom is -0.493 e. The van der Waals surface area contributed by atoms with Crippen LogP contribution in [0.2, 0.25) is 0 Å². The number of hydrogen-bond acceptors (Lipinski definition) is 4. The maximum absolute atomic E-state index is 12.0. The van der Waals surface area contributed by atoms with E-state index in [2.05, 4.69) is 0 Å². The Hall–Kier alpha value is -2.17. The fourth-order valence-corrected chi connectivity index (χ4v) is 1.85. The van der Waals surface area contributed by atoms with Gasteiger partial charge < -0.3 is 15.3 Å². The quantitative estimate of drug-likeness (QED) is 0.788. The average Bonchev–Trinajstić information content (AvgIpc) is 2.34. The Bertz CT molecular complexity index is 632. The van der Waals surface area contributed by atoms with Gasteiger partial charge in [-0.25, -0.2) is 4.68 Å². The lowest BCUT2D eigenvalue weighted by atomic mass is 10.1. The molecule has 0 aliphatic rings. The van der Waals surface area contributed by atoms with Crippen molar-refractivity contribution >= 4 is 10.8 Å². The monoisotopic (exact) mass is 234 g/mol. The number of pyridine rings is 1. The van der Waals surface area contributed by atoms with Crippen LogP contribution in [0, 0.1) is 6.92 Å². The first-order chi connectivity index (χ1) is 8.10. The van der Waals surface area contributed by atoms with E-state index in [0.717, 1.165) is 4.68 Å². The van der Waals surface area contributed by atoms with Gasteiger partial charge in [0.1, 0.15) is 0 Å². The van der Waals surface area contributed by atoms with Crippen molar-refractivity contribution in [3.8, 4) is 11.5 Å². The molecule has 90 valence electrons. The van der Waals surface area contributed by atoms with Gasteiger partial charge in [0, 0.05) is 11.1 Å². The van der Waals surface area contributed by atoms with Gasteiger partial charge in [-0.05, 0) is 25.1 Å². The summed E-state index contributed by atoms with van der Waals surface area (Å²) < 4.78 is 11.6. The van der Waals surface area contributed by atoms with Crippen LogP contribution in [-0.4, -0.2) is 18.9 Å². The van der Waals surface area contributed by atoms with Gasteiger partial charge in [-0.2, -0.15) is 0 Å². The van der Waals surface area contributed by atoms with Gasteiger partial charge in [0.05, 0.1) is 19.6 Å². The molecule has 2 N–H and O–H groups in total. The molecule has 0 radical (unpaired) electrons. The van der Waals surface area contributed by atoms with E-state index in [0.29, 0.717) is 28.0 Å². The summed E-state index contributed by atoms with van der Waals surface area (Å²) in [5, 5.41) is 1.21. The van der Waals surface area contributed by atoms with Gasteiger partial charge in [0.25, 0.3) is 5.56 Å². The number of aryl methyl sites for hydroxylation is 1. The number of hydrogen-bond donors (Lipinski definition) is 1. The summed E-state index contributed by atoms with van der Waals surface area (Å²) in [6, 6.07) is 5.18. The normalized spacial score (nSPS) is 10.5. The number of methoxy groups -OCH3 is 2. The lowest BCUT2D eigenvalue weighted by Gasteiger charge is -2.12. The molecule has 0 fully saturated rings. The van der Waals surface area contributed by atoms with E-state index >= 15 is 0 Å². The van der Waals surface area contributed by atoms with Gasteiger partial charge in [-0.1, -0.05) is 0 Å². The standard InChI is InChI=1S/C12H14N2O3/c1-7-6-9-8(12(15)14(7)13)4-5-10(16-2)11(9)17-3/h4-6H,13H2,1-3H3. The van der Waals surface area contributed by atoms with Crippen molar-refractivity contribution in [1.29, 1.82) is 0 Å². The molecule has 17 heavy (non-hydrogen) atoms. The maximum atomic E-state index is 12.0. The number of aromatic nitrogens is 1. The zero-order valence-corrected chi connectivity index (χ0v) is 9.98. The third-order valence-electron chi connectivity index (χ3n) is 2.77. The summed E-state index contributed by atoms with van der Waals surface area (Å²) in [7, 11) is 3.10. The van der Waals surface area contributed by atoms with Crippen LogP contribution in [0.5, 0.6) is 11.5 Å². The van der Waals surface area contributed by atoms with Crippen LogP contribution in [0.4, 0.5) is 0 Å². The lowest BCUT2D eigenvalue weighted by molar-refractivity contribution is 0.358. The first kappa shape index (κ1) is 11.3. The van der Waals surface area contributed by atoms with Crippen LogP contribution in [0.1, 0.15) is 5.69 Å². The average molecular weight is 234 g/mol. The number of nitrogens with zero attached hydrogens (tertiary/aromatic N) is 1. The molecule has 0 aliphatic heterocycles. The smallest absolute Gasteiger partial charge is 0.276 e. The Morgan fingerprint density at radius 1 is 1.18 bits per heavy atom. The fourth-order valence-electron chi connectivity index (χ4n) is 1.85. The Balaban J connectivity index is 2.96. The predicted molar refractivity (Wildman–Crippen MR) is 66.2 cm³/mol. The molecule has 1 aromatic carbocycles. The predicted octanol–water partition coefficient (Wildman–Crippen LogP) is 1.04. The largest absolute Gasteiger partial charge is 0.493 e. The Labute approximate surface area is 98.3 Å². The van der Waals surface area contributed by atoms with Gasteiger partial charge in [0.2, 0.25) is 0 Å². The summed E-state index contributed by atoms with van der Waals surface area (Å²) in [6.45, 7) is 1.76. The Morgan fingerprint density at radius 2 is 1.88 bits per heavy atom. The molecule has 0 spiro atoms. The van der Waals surface area contributed by atoms with Crippen LogP contribution in [0.15, 0.2) is 23.0 Å². The summed E-state index contributed by atoms with van der Waals surface area (Å²) >= 11 is 0. The fraction of sp³-hybridized carbons (Fsp3) is 0.250. The lowest BCUT2D eigenvalue weighted by Crippen LogP contribution is -2.29. The third kappa shape index (κ3) is 1.60. The van der Waals surface area contributed by atoms with Crippen molar-refractivity contribution in [2.45, 2.75) is 6.92 Å². The van der Waals surface area contributed by atoms with Crippen LogP contribution in [-0.2, 0) is 0 Å². The summed E-state index contributed by atoms with van der Waals surface area (Å²) in [6.07, 6.45) is 0. The molecule has 0 atom stereocenters. The molecular formula is C12H14N2O3. The van der Waals surface area contributed by atoms with Gasteiger partial charge in [-0.15, -0.1) is 0 Å². The van der Waals surface area contributed by atoms with E-state index in [9.17, 15) is 4.79 Å². The summed E-state index contributed by atoms with van der Waals surface area (Å²) in [5.74, 6) is 6.78. The topological polar surface area (TPSA) is 66.5 Å². The second-order valence-electron chi connectivity index (χ2n) is 3.72.